The Hall–Kier alpha value is -3.84. The first-order valence-corrected chi connectivity index (χ1v) is 12.1. The molecule has 36 heavy (non-hydrogen) atoms. The van der Waals surface area contributed by atoms with Crippen molar-refractivity contribution in [3.05, 3.63) is 94.4 Å². The van der Waals surface area contributed by atoms with Crippen molar-refractivity contribution >= 4 is 23.5 Å². The molecule has 8 heteroatoms. The number of nitrogens with zero attached hydrogens (tertiary/aromatic N) is 2. The number of rotatable bonds is 8. The molecule has 1 aromatic heterocycles. The van der Waals surface area contributed by atoms with Gasteiger partial charge in [0, 0.05) is 29.6 Å². The van der Waals surface area contributed by atoms with Crippen LogP contribution in [0.15, 0.2) is 71.2 Å². The van der Waals surface area contributed by atoms with E-state index >= 15 is 0 Å². The lowest BCUT2D eigenvalue weighted by Gasteiger charge is -2.34. The Morgan fingerprint density at radius 3 is 2.72 bits per heavy atom. The van der Waals surface area contributed by atoms with E-state index in [1.54, 1.807) is 36.4 Å². The summed E-state index contributed by atoms with van der Waals surface area (Å²) in [5, 5.41) is 10.6. The monoisotopic (exact) mass is 506 g/mol. The number of fused-ring (bicyclic) bond motifs is 1. The SMILES string of the molecule is CC=CC=CC(=O)N1CCc2ccc(OCCc3nc(-c4ccc(Cl)cc4)oc3C)cc2C1C(=O)O. The van der Waals surface area contributed by atoms with Gasteiger partial charge < -0.3 is 19.2 Å². The van der Waals surface area contributed by atoms with Gasteiger partial charge >= 0.3 is 5.97 Å². The molecule has 0 bridgehead atoms. The number of benzene rings is 2. The van der Waals surface area contributed by atoms with Crippen molar-refractivity contribution in [2.75, 3.05) is 13.2 Å². The van der Waals surface area contributed by atoms with Crippen LogP contribution >= 0.6 is 11.6 Å². The van der Waals surface area contributed by atoms with Crippen molar-refractivity contribution < 1.29 is 23.8 Å². The van der Waals surface area contributed by atoms with Gasteiger partial charge in [-0.2, -0.15) is 0 Å². The number of carbonyl (C=O) groups excluding carboxylic acids is 1. The third-order valence-corrected chi connectivity index (χ3v) is 6.25. The van der Waals surface area contributed by atoms with Crippen LogP contribution in [0.2, 0.25) is 5.02 Å². The molecule has 1 N–H and O–H groups in total. The third-order valence-electron chi connectivity index (χ3n) is 6.00. The van der Waals surface area contributed by atoms with Gasteiger partial charge in [-0.1, -0.05) is 35.9 Å². The van der Waals surface area contributed by atoms with Gasteiger partial charge in [-0.05, 0) is 67.8 Å². The number of carbonyl (C=O) groups is 2. The summed E-state index contributed by atoms with van der Waals surface area (Å²) in [7, 11) is 0. The fourth-order valence-electron chi connectivity index (χ4n) is 4.17. The molecule has 1 aliphatic heterocycles. The minimum Gasteiger partial charge on any atom is -0.493 e. The predicted molar refractivity (Wildman–Crippen MR) is 137 cm³/mol. The molecule has 1 aliphatic rings. The number of aromatic nitrogens is 1. The Morgan fingerprint density at radius 2 is 2.00 bits per heavy atom. The van der Waals surface area contributed by atoms with Crippen LogP contribution in [0.25, 0.3) is 11.5 Å². The first kappa shape index (κ1) is 25.3. The Balaban J connectivity index is 1.46. The molecule has 2 aromatic carbocycles. The van der Waals surface area contributed by atoms with Crippen LogP contribution in [-0.4, -0.2) is 40.0 Å². The molecule has 2 heterocycles. The van der Waals surface area contributed by atoms with Crippen LogP contribution in [0.3, 0.4) is 0 Å². The first-order valence-electron chi connectivity index (χ1n) is 11.7. The molecule has 0 fully saturated rings. The van der Waals surface area contributed by atoms with E-state index in [1.165, 1.54) is 11.0 Å². The van der Waals surface area contributed by atoms with E-state index in [4.69, 9.17) is 20.8 Å². The number of carboxylic acids is 1. The number of hydrogen-bond donors (Lipinski definition) is 1. The molecule has 0 spiro atoms. The highest BCUT2D eigenvalue weighted by Crippen LogP contribution is 2.33. The number of halogens is 1. The molecule has 0 saturated carbocycles. The number of aryl methyl sites for hydroxylation is 1. The van der Waals surface area contributed by atoms with E-state index in [0.717, 1.165) is 16.8 Å². The predicted octanol–water partition coefficient (Wildman–Crippen LogP) is 5.57. The summed E-state index contributed by atoms with van der Waals surface area (Å²) in [4.78, 5) is 30.8. The van der Waals surface area contributed by atoms with Crippen molar-refractivity contribution in [2.24, 2.45) is 0 Å². The lowest BCUT2D eigenvalue weighted by atomic mass is 9.92. The fourth-order valence-corrected chi connectivity index (χ4v) is 4.30. The average molecular weight is 507 g/mol. The second-order valence-electron chi connectivity index (χ2n) is 8.40. The highest BCUT2D eigenvalue weighted by atomic mass is 35.5. The summed E-state index contributed by atoms with van der Waals surface area (Å²) in [5.41, 5.74) is 3.09. The molecule has 0 radical (unpaired) electrons. The number of oxazole rings is 1. The second-order valence-corrected chi connectivity index (χ2v) is 8.83. The molecule has 3 aromatic rings. The van der Waals surface area contributed by atoms with Crippen molar-refractivity contribution in [1.29, 1.82) is 0 Å². The highest BCUT2D eigenvalue weighted by Gasteiger charge is 2.35. The Bertz CT molecular complexity index is 1310. The topological polar surface area (TPSA) is 92.9 Å². The van der Waals surface area contributed by atoms with E-state index in [2.05, 4.69) is 4.98 Å². The van der Waals surface area contributed by atoms with E-state index in [-0.39, 0.29) is 5.91 Å². The van der Waals surface area contributed by atoms with Gasteiger partial charge in [0.1, 0.15) is 11.5 Å². The van der Waals surface area contributed by atoms with Gasteiger partial charge in [-0.3, -0.25) is 4.79 Å². The van der Waals surface area contributed by atoms with Crippen LogP contribution in [0.1, 0.15) is 35.5 Å². The van der Waals surface area contributed by atoms with Crippen LogP contribution in [0.4, 0.5) is 0 Å². The van der Waals surface area contributed by atoms with E-state index < -0.39 is 12.0 Å². The van der Waals surface area contributed by atoms with Crippen LogP contribution in [0, 0.1) is 6.92 Å². The molecule has 1 unspecified atom stereocenters. The minimum absolute atomic E-state index is 0.332. The van der Waals surface area contributed by atoms with Gasteiger partial charge in [0.15, 0.2) is 6.04 Å². The smallest absolute Gasteiger partial charge is 0.331 e. The Morgan fingerprint density at radius 1 is 1.22 bits per heavy atom. The van der Waals surface area contributed by atoms with Crippen LogP contribution in [-0.2, 0) is 22.4 Å². The maximum Gasteiger partial charge on any atom is 0.331 e. The highest BCUT2D eigenvalue weighted by molar-refractivity contribution is 6.30. The van der Waals surface area contributed by atoms with Crippen LogP contribution < -0.4 is 4.74 Å². The summed E-state index contributed by atoms with van der Waals surface area (Å²) < 4.78 is 11.8. The molecule has 1 atom stereocenters. The fraction of sp³-hybridized carbons (Fsp3) is 0.250. The minimum atomic E-state index is -1.08. The number of hydrogen-bond acceptors (Lipinski definition) is 5. The maximum atomic E-state index is 12.7. The number of carboxylic acid groups (broad SMARTS) is 1. The molecule has 4 rings (SSSR count). The van der Waals surface area contributed by atoms with Crippen molar-refractivity contribution in [3.8, 4) is 17.2 Å². The number of ether oxygens (including phenoxy) is 1. The van der Waals surface area contributed by atoms with Crippen LogP contribution in [0.5, 0.6) is 5.75 Å². The standard InChI is InChI=1S/C28H27ClN2O5/c1-3-4-5-6-25(32)31-15-13-19-9-12-22(17-23(19)26(31)28(33)34)35-16-14-24-18(2)36-27(30-24)20-7-10-21(29)11-8-20/h3-12,17,26H,13-16H2,1-2H3,(H,33,34). The molecular formula is C28H27ClN2O5. The third kappa shape index (κ3) is 5.69. The van der Waals surface area contributed by atoms with Crippen molar-refractivity contribution in [2.45, 2.75) is 32.7 Å². The van der Waals surface area contributed by atoms with E-state index in [9.17, 15) is 14.7 Å². The summed E-state index contributed by atoms with van der Waals surface area (Å²) in [6.45, 7) is 4.37. The maximum absolute atomic E-state index is 12.7. The molecule has 1 amide bonds. The zero-order valence-electron chi connectivity index (χ0n) is 20.1. The summed E-state index contributed by atoms with van der Waals surface area (Å²) in [6, 6.07) is 11.6. The Kier molecular flexibility index (Phi) is 7.90. The van der Waals surface area contributed by atoms with Gasteiger partial charge in [0.25, 0.3) is 0 Å². The van der Waals surface area contributed by atoms with Crippen molar-refractivity contribution in [3.63, 3.8) is 0 Å². The molecule has 7 nitrogen and oxygen atoms in total. The number of amides is 1. The quantitative estimate of drug-likeness (QED) is 0.317. The largest absolute Gasteiger partial charge is 0.493 e. The summed E-state index contributed by atoms with van der Waals surface area (Å²) in [6.07, 6.45) is 7.62. The van der Waals surface area contributed by atoms with E-state index in [0.29, 0.717) is 54.0 Å². The summed E-state index contributed by atoms with van der Waals surface area (Å²) in [5.74, 6) is 0.354. The Labute approximate surface area is 214 Å². The lowest BCUT2D eigenvalue weighted by Crippen LogP contribution is -2.42. The zero-order chi connectivity index (χ0) is 25.7. The van der Waals surface area contributed by atoms with Gasteiger partial charge in [0.2, 0.25) is 11.8 Å². The molecular weight excluding hydrogens is 480 g/mol. The van der Waals surface area contributed by atoms with Gasteiger partial charge in [-0.25, -0.2) is 9.78 Å². The number of aliphatic carboxylic acids is 1. The lowest BCUT2D eigenvalue weighted by molar-refractivity contribution is -0.149. The average Bonchev–Trinajstić information content (AvgIpc) is 3.23. The zero-order valence-corrected chi connectivity index (χ0v) is 20.9. The van der Waals surface area contributed by atoms with Gasteiger partial charge in [0.05, 0.1) is 12.3 Å². The first-order chi connectivity index (χ1) is 17.4. The van der Waals surface area contributed by atoms with Gasteiger partial charge in [-0.15, -0.1) is 0 Å². The second kappa shape index (κ2) is 11.3. The molecule has 0 aliphatic carbocycles. The van der Waals surface area contributed by atoms with E-state index in [1.807, 2.05) is 38.1 Å². The van der Waals surface area contributed by atoms with Crippen molar-refractivity contribution in [1.82, 2.24) is 9.88 Å². The molecule has 186 valence electrons. The molecule has 0 saturated heterocycles. The number of allylic oxidation sites excluding steroid dienone is 3. The summed E-state index contributed by atoms with van der Waals surface area (Å²) >= 11 is 5.96. The normalized spacial score (nSPS) is 15.4.